The normalized spacial score (nSPS) is 12.9. The van der Waals surface area contributed by atoms with Crippen LogP contribution in [0, 0.1) is 0 Å². The number of hydrogen-bond acceptors (Lipinski definition) is 4. The van der Waals surface area contributed by atoms with Gasteiger partial charge in [0, 0.05) is 6.54 Å². The summed E-state index contributed by atoms with van der Waals surface area (Å²) in [6.45, 7) is 1.43. The zero-order valence-corrected chi connectivity index (χ0v) is 9.58. The molecular formula is C7H15N3O5S. The minimum Gasteiger partial charge on any atom is -0.480 e. The molecule has 0 saturated heterocycles. The van der Waals surface area contributed by atoms with Crippen molar-refractivity contribution >= 4 is 22.0 Å². The van der Waals surface area contributed by atoms with Gasteiger partial charge in [-0.1, -0.05) is 6.92 Å². The van der Waals surface area contributed by atoms with E-state index in [1.54, 1.807) is 6.92 Å². The second-order valence-electron chi connectivity index (χ2n) is 3.07. The molecule has 0 aromatic carbocycles. The highest BCUT2D eigenvalue weighted by molar-refractivity contribution is 7.89. The van der Waals surface area contributed by atoms with Gasteiger partial charge in [0.2, 0.25) is 10.0 Å². The van der Waals surface area contributed by atoms with Crippen LogP contribution >= 0.6 is 0 Å². The van der Waals surface area contributed by atoms with Gasteiger partial charge in [-0.3, -0.25) is 0 Å². The largest absolute Gasteiger partial charge is 0.480 e. The fraction of sp³-hybridized carbons (Fsp3) is 0.714. The fourth-order valence-corrected chi connectivity index (χ4v) is 1.24. The predicted octanol–water partition coefficient (Wildman–Crippen LogP) is -1.56. The smallest absolute Gasteiger partial charge is 0.326 e. The molecule has 0 aliphatic carbocycles. The van der Waals surface area contributed by atoms with Crippen molar-refractivity contribution in [3.63, 3.8) is 0 Å². The third kappa shape index (κ3) is 7.01. The van der Waals surface area contributed by atoms with Crippen molar-refractivity contribution in [2.45, 2.75) is 19.4 Å². The Hall–Kier alpha value is -1.35. The molecule has 16 heavy (non-hydrogen) atoms. The van der Waals surface area contributed by atoms with Crippen LogP contribution < -0.4 is 15.8 Å². The number of primary sulfonamides is 1. The molecule has 0 heterocycles. The lowest BCUT2D eigenvalue weighted by Gasteiger charge is -2.12. The van der Waals surface area contributed by atoms with Crippen LogP contribution in [0.25, 0.3) is 0 Å². The predicted molar refractivity (Wildman–Crippen MR) is 56.2 cm³/mol. The zero-order chi connectivity index (χ0) is 12.8. The number of carbonyl (C=O) groups is 2. The number of carboxylic acids is 1. The number of urea groups is 1. The van der Waals surface area contributed by atoms with E-state index < -0.39 is 33.8 Å². The molecule has 94 valence electrons. The van der Waals surface area contributed by atoms with Gasteiger partial charge in [-0.25, -0.2) is 23.1 Å². The Morgan fingerprint density at radius 1 is 1.44 bits per heavy atom. The van der Waals surface area contributed by atoms with Gasteiger partial charge in [0.1, 0.15) is 6.04 Å². The molecule has 0 aromatic heterocycles. The minimum absolute atomic E-state index is 0.166. The number of nitrogens with one attached hydrogen (secondary N) is 2. The number of carboxylic acid groups (broad SMARTS) is 1. The quantitative estimate of drug-likeness (QED) is 0.453. The number of nitrogens with two attached hydrogens (primary N) is 1. The summed E-state index contributed by atoms with van der Waals surface area (Å²) in [5.41, 5.74) is 0. The third-order valence-electron chi connectivity index (χ3n) is 1.68. The summed E-state index contributed by atoms with van der Waals surface area (Å²) in [5, 5.41) is 17.7. The van der Waals surface area contributed by atoms with E-state index >= 15 is 0 Å². The molecule has 0 radical (unpaired) electrons. The van der Waals surface area contributed by atoms with Gasteiger partial charge in [-0.2, -0.15) is 0 Å². The van der Waals surface area contributed by atoms with Gasteiger partial charge >= 0.3 is 12.0 Å². The van der Waals surface area contributed by atoms with E-state index in [0.29, 0.717) is 0 Å². The van der Waals surface area contributed by atoms with E-state index in [9.17, 15) is 18.0 Å². The summed E-state index contributed by atoms with van der Waals surface area (Å²) in [6, 6.07) is -1.73. The lowest BCUT2D eigenvalue weighted by atomic mass is 10.2. The summed E-state index contributed by atoms with van der Waals surface area (Å²) < 4.78 is 21.0. The lowest BCUT2D eigenvalue weighted by Crippen LogP contribution is -2.46. The summed E-state index contributed by atoms with van der Waals surface area (Å²) in [6.07, 6.45) is 0.234. The van der Waals surface area contributed by atoms with Crippen molar-refractivity contribution in [1.29, 1.82) is 0 Å². The van der Waals surface area contributed by atoms with Gasteiger partial charge in [-0.05, 0) is 6.42 Å². The van der Waals surface area contributed by atoms with Crippen LogP contribution in [-0.4, -0.2) is 43.9 Å². The molecule has 0 aliphatic rings. The van der Waals surface area contributed by atoms with Gasteiger partial charge < -0.3 is 15.7 Å². The Bertz CT molecular complexity index is 353. The van der Waals surface area contributed by atoms with Gasteiger partial charge in [0.25, 0.3) is 0 Å². The molecule has 0 bridgehead atoms. The van der Waals surface area contributed by atoms with Crippen LogP contribution in [0.5, 0.6) is 0 Å². The standard InChI is InChI=1S/C7H15N3O5S/c1-2-5(6(11)12)10-7(13)9-3-4-16(8,14)15/h5H,2-4H2,1H3,(H,11,12)(H2,8,14,15)(H2,9,10,13)/t5-/m0/s1. The number of rotatable bonds is 6. The van der Waals surface area contributed by atoms with Gasteiger partial charge in [0.15, 0.2) is 0 Å². The average molecular weight is 253 g/mol. The number of amides is 2. The molecule has 9 heteroatoms. The molecule has 0 aromatic rings. The van der Waals surface area contributed by atoms with E-state index in [4.69, 9.17) is 10.2 Å². The average Bonchev–Trinajstić information content (AvgIpc) is 2.11. The molecule has 0 spiro atoms. The number of hydrogen-bond donors (Lipinski definition) is 4. The van der Waals surface area contributed by atoms with Crippen molar-refractivity contribution in [2.24, 2.45) is 5.14 Å². The first kappa shape index (κ1) is 14.6. The molecule has 0 unspecified atom stereocenters. The first-order valence-electron chi connectivity index (χ1n) is 4.54. The molecule has 0 saturated carbocycles. The summed E-state index contributed by atoms with van der Waals surface area (Å²) >= 11 is 0. The highest BCUT2D eigenvalue weighted by Gasteiger charge is 2.17. The van der Waals surface area contributed by atoms with E-state index in [1.165, 1.54) is 0 Å². The molecule has 0 fully saturated rings. The van der Waals surface area contributed by atoms with Gasteiger partial charge in [-0.15, -0.1) is 0 Å². The lowest BCUT2D eigenvalue weighted by molar-refractivity contribution is -0.139. The van der Waals surface area contributed by atoms with Crippen molar-refractivity contribution in [1.82, 2.24) is 10.6 Å². The number of aliphatic carboxylic acids is 1. The van der Waals surface area contributed by atoms with Gasteiger partial charge in [0.05, 0.1) is 5.75 Å². The maximum atomic E-state index is 11.1. The maximum Gasteiger partial charge on any atom is 0.326 e. The highest BCUT2D eigenvalue weighted by atomic mass is 32.2. The van der Waals surface area contributed by atoms with Crippen molar-refractivity contribution < 1.29 is 23.1 Å². The van der Waals surface area contributed by atoms with Crippen molar-refractivity contribution in [3.05, 3.63) is 0 Å². The van der Waals surface area contributed by atoms with Crippen molar-refractivity contribution in [2.75, 3.05) is 12.3 Å². The Balaban J connectivity index is 3.95. The summed E-state index contributed by atoms with van der Waals surface area (Å²) in [5.74, 6) is -1.55. The van der Waals surface area contributed by atoms with Crippen LogP contribution in [0.1, 0.15) is 13.3 Å². The topological polar surface area (TPSA) is 139 Å². The molecule has 1 atom stereocenters. The Morgan fingerprint density at radius 3 is 2.38 bits per heavy atom. The molecule has 5 N–H and O–H groups in total. The second kappa shape index (κ2) is 6.28. The molecule has 0 rings (SSSR count). The Kier molecular flexibility index (Phi) is 5.75. The minimum atomic E-state index is -3.63. The fourth-order valence-electron chi connectivity index (χ4n) is 0.855. The van der Waals surface area contributed by atoms with E-state index in [-0.39, 0.29) is 13.0 Å². The Labute approximate surface area is 93.2 Å². The van der Waals surface area contributed by atoms with Crippen LogP contribution in [0.2, 0.25) is 0 Å². The van der Waals surface area contributed by atoms with Crippen LogP contribution in [0.3, 0.4) is 0 Å². The summed E-state index contributed by atoms with van der Waals surface area (Å²) in [4.78, 5) is 21.6. The molecular weight excluding hydrogens is 238 g/mol. The summed E-state index contributed by atoms with van der Waals surface area (Å²) in [7, 11) is -3.63. The molecule has 0 aliphatic heterocycles. The monoisotopic (exact) mass is 253 g/mol. The SMILES string of the molecule is CC[C@H](NC(=O)NCCS(N)(=O)=O)C(=O)O. The van der Waals surface area contributed by atoms with E-state index in [0.717, 1.165) is 0 Å². The highest BCUT2D eigenvalue weighted by Crippen LogP contribution is 1.90. The van der Waals surface area contributed by atoms with Crippen LogP contribution in [-0.2, 0) is 14.8 Å². The zero-order valence-electron chi connectivity index (χ0n) is 8.76. The van der Waals surface area contributed by atoms with Crippen LogP contribution in [0.4, 0.5) is 4.79 Å². The third-order valence-corrected chi connectivity index (χ3v) is 2.46. The second-order valence-corrected chi connectivity index (χ2v) is 4.80. The maximum absolute atomic E-state index is 11.1. The van der Waals surface area contributed by atoms with E-state index in [2.05, 4.69) is 10.6 Å². The first-order chi connectivity index (χ1) is 7.26. The number of carbonyl (C=O) groups excluding carboxylic acids is 1. The van der Waals surface area contributed by atoms with Crippen molar-refractivity contribution in [3.8, 4) is 0 Å². The van der Waals surface area contributed by atoms with Crippen LogP contribution in [0.15, 0.2) is 0 Å². The number of sulfonamides is 1. The first-order valence-corrected chi connectivity index (χ1v) is 6.25. The Morgan fingerprint density at radius 2 is 2.00 bits per heavy atom. The van der Waals surface area contributed by atoms with E-state index in [1.807, 2.05) is 0 Å². The molecule has 8 nitrogen and oxygen atoms in total. The molecule has 2 amide bonds.